The molecule has 2 atom stereocenters. The zero-order valence-corrected chi connectivity index (χ0v) is 9.82. The highest BCUT2D eigenvalue weighted by molar-refractivity contribution is 5.65. The van der Waals surface area contributed by atoms with Crippen LogP contribution in [0.5, 0.6) is 0 Å². The monoisotopic (exact) mass is 232 g/mol. The van der Waals surface area contributed by atoms with Gasteiger partial charge in [0.25, 0.3) is 0 Å². The number of hydrogen-bond acceptors (Lipinski definition) is 2. The maximum Gasteiger partial charge on any atom is 0.212 e. The molecule has 0 saturated carbocycles. The maximum atomic E-state index is 12.8. The van der Waals surface area contributed by atoms with Crippen molar-refractivity contribution in [1.29, 1.82) is 0 Å². The van der Waals surface area contributed by atoms with Crippen LogP contribution < -0.4 is 5.32 Å². The average molecular weight is 232 g/mol. The normalized spacial score (nSPS) is 28.4. The average Bonchev–Trinajstić information content (AvgIpc) is 2.39. The first-order chi connectivity index (χ1) is 8.33. The molecule has 1 aliphatic carbocycles. The van der Waals surface area contributed by atoms with E-state index in [2.05, 4.69) is 16.4 Å². The van der Waals surface area contributed by atoms with Gasteiger partial charge in [0.2, 0.25) is 5.95 Å². The van der Waals surface area contributed by atoms with Gasteiger partial charge in [0.1, 0.15) is 0 Å². The highest BCUT2D eigenvalue weighted by Gasteiger charge is 2.27. The third-order valence-corrected chi connectivity index (χ3v) is 3.98. The molecule has 0 spiro atoms. The number of allylic oxidation sites excluding steroid dienone is 1. The van der Waals surface area contributed by atoms with Gasteiger partial charge in [0.05, 0.1) is 0 Å². The van der Waals surface area contributed by atoms with E-state index in [1.807, 2.05) is 6.07 Å². The second-order valence-electron chi connectivity index (χ2n) is 5.02. The molecule has 0 unspecified atom stereocenters. The minimum atomic E-state index is -0.401. The quantitative estimate of drug-likeness (QED) is 0.753. The molecular formula is C14H17FN2. The van der Waals surface area contributed by atoms with Crippen LogP contribution in [0.15, 0.2) is 24.4 Å². The Balaban J connectivity index is 1.84. The second kappa shape index (κ2) is 4.57. The van der Waals surface area contributed by atoms with Crippen LogP contribution in [0.1, 0.15) is 24.8 Å². The molecule has 2 heterocycles. The Labute approximate surface area is 101 Å². The SMILES string of the molecule is Fc1ccc(C2=C[C@H]3CNCC[C@H]3CC2)cn1. The minimum absolute atomic E-state index is 0.401. The predicted octanol–water partition coefficient (Wildman–Crippen LogP) is 2.62. The molecule has 3 heteroatoms. The molecule has 2 aliphatic rings. The van der Waals surface area contributed by atoms with E-state index in [9.17, 15) is 4.39 Å². The third-order valence-electron chi connectivity index (χ3n) is 3.98. The van der Waals surface area contributed by atoms with Gasteiger partial charge in [-0.3, -0.25) is 0 Å². The standard InChI is InChI=1S/C14H17FN2/c15-14-4-3-12(9-17-14)11-2-1-10-5-6-16-8-13(10)7-11/h3-4,7,9-10,13,16H,1-2,5-6,8H2/t10-,13+/m1/s1. The number of halogens is 1. The molecule has 90 valence electrons. The molecule has 0 aromatic carbocycles. The molecule has 17 heavy (non-hydrogen) atoms. The summed E-state index contributed by atoms with van der Waals surface area (Å²) in [4.78, 5) is 3.74. The van der Waals surface area contributed by atoms with E-state index in [0.29, 0.717) is 5.92 Å². The number of aromatic nitrogens is 1. The van der Waals surface area contributed by atoms with Crippen LogP contribution in [0, 0.1) is 17.8 Å². The first-order valence-corrected chi connectivity index (χ1v) is 6.36. The van der Waals surface area contributed by atoms with Crippen molar-refractivity contribution in [3.8, 4) is 0 Å². The van der Waals surface area contributed by atoms with Gasteiger partial charge in [0.15, 0.2) is 0 Å². The van der Waals surface area contributed by atoms with Crippen molar-refractivity contribution in [2.24, 2.45) is 11.8 Å². The molecule has 1 aliphatic heterocycles. The largest absolute Gasteiger partial charge is 0.316 e. The van der Waals surface area contributed by atoms with Crippen LogP contribution in [0.25, 0.3) is 5.57 Å². The molecule has 2 nitrogen and oxygen atoms in total. The van der Waals surface area contributed by atoms with Gasteiger partial charge in [-0.1, -0.05) is 6.08 Å². The van der Waals surface area contributed by atoms with Crippen molar-refractivity contribution >= 4 is 5.57 Å². The van der Waals surface area contributed by atoms with Crippen molar-refractivity contribution in [2.45, 2.75) is 19.3 Å². The summed E-state index contributed by atoms with van der Waals surface area (Å²) < 4.78 is 12.8. The lowest BCUT2D eigenvalue weighted by Crippen LogP contribution is -2.37. The van der Waals surface area contributed by atoms with Gasteiger partial charge >= 0.3 is 0 Å². The van der Waals surface area contributed by atoms with Crippen molar-refractivity contribution in [1.82, 2.24) is 10.3 Å². The van der Waals surface area contributed by atoms with E-state index in [1.54, 1.807) is 6.20 Å². The van der Waals surface area contributed by atoms with Gasteiger partial charge in [-0.2, -0.15) is 4.39 Å². The van der Waals surface area contributed by atoms with Crippen molar-refractivity contribution in [3.05, 3.63) is 35.9 Å². The lowest BCUT2D eigenvalue weighted by Gasteiger charge is -2.34. The molecular weight excluding hydrogens is 215 g/mol. The smallest absolute Gasteiger partial charge is 0.212 e. The highest BCUT2D eigenvalue weighted by Crippen LogP contribution is 2.36. The zero-order valence-electron chi connectivity index (χ0n) is 9.82. The first kappa shape index (κ1) is 10.9. The summed E-state index contributed by atoms with van der Waals surface area (Å²) in [7, 11) is 0. The lowest BCUT2D eigenvalue weighted by molar-refractivity contribution is 0.279. The topological polar surface area (TPSA) is 24.9 Å². The van der Waals surface area contributed by atoms with Gasteiger partial charge in [-0.25, -0.2) is 4.98 Å². The Morgan fingerprint density at radius 3 is 3.06 bits per heavy atom. The summed E-state index contributed by atoms with van der Waals surface area (Å²) in [6, 6.07) is 3.28. The fourth-order valence-electron chi connectivity index (χ4n) is 2.98. The Morgan fingerprint density at radius 1 is 1.29 bits per heavy atom. The zero-order chi connectivity index (χ0) is 11.7. The van der Waals surface area contributed by atoms with E-state index < -0.39 is 5.95 Å². The van der Waals surface area contributed by atoms with Crippen LogP contribution in [-0.4, -0.2) is 18.1 Å². The van der Waals surface area contributed by atoms with Gasteiger partial charge in [-0.05, 0) is 60.9 Å². The number of pyridine rings is 1. The summed E-state index contributed by atoms with van der Waals surface area (Å²) in [6.45, 7) is 2.24. The third kappa shape index (κ3) is 2.25. The molecule has 1 saturated heterocycles. The minimum Gasteiger partial charge on any atom is -0.316 e. The molecule has 1 N–H and O–H groups in total. The number of nitrogens with one attached hydrogen (secondary N) is 1. The van der Waals surface area contributed by atoms with E-state index in [-0.39, 0.29) is 0 Å². The maximum absolute atomic E-state index is 12.8. The van der Waals surface area contributed by atoms with Crippen LogP contribution >= 0.6 is 0 Å². The number of hydrogen-bond donors (Lipinski definition) is 1. The van der Waals surface area contributed by atoms with Crippen molar-refractivity contribution in [2.75, 3.05) is 13.1 Å². The molecule has 0 bridgehead atoms. The number of fused-ring (bicyclic) bond motifs is 1. The summed E-state index contributed by atoms with van der Waals surface area (Å²) >= 11 is 0. The fourth-order valence-corrected chi connectivity index (χ4v) is 2.98. The molecule has 0 radical (unpaired) electrons. The Hall–Kier alpha value is -1.22. The van der Waals surface area contributed by atoms with E-state index in [0.717, 1.165) is 31.0 Å². The van der Waals surface area contributed by atoms with Crippen LogP contribution in [0.3, 0.4) is 0 Å². The van der Waals surface area contributed by atoms with E-state index in [1.165, 1.54) is 24.5 Å². The van der Waals surface area contributed by atoms with Crippen LogP contribution in [0.2, 0.25) is 0 Å². The summed E-state index contributed by atoms with van der Waals surface area (Å²) in [5, 5.41) is 3.44. The molecule has 1 aromatic rings. The Morgan fingerprint density at radius 2 is 2.24 bits per heavy atom. The highest BCUT2D eigenvalue weighted by atomic mass is 19.1. The first-order valence-electron chi connectivity index (χ1n) is 6.36. The number of piperidine rings is 1. The summed E-state index contributed by atoms with van der Waals surface area (Å²) in [5.41, 5.74) is 2.41. The molecule has 1 aromatic heterocycles. The summed E-state index contributed by atoms with van der Waals surface area (Å²) in [6.07, 6.45) is 7.67. The predicted molar refractivity (Wildman–Crippen MR) is 65.9 cm³/mol. The Kier molecular flexibility index (Phi) is 2.93. The van der Waals surface area contributed by atoms with Gasteiger partial charge in [0, 0.05) is 12.7 Å². The molecule has 3 rings (SSSR count). The molecule has 1 fully saturated rings. The number of nitrogens with zero attached hydrogens (tertiary/aromatic N) is 1. The van der Waals surface area contributed by atoms with Gasteiger partial charge < -0.3 is 5.32 Å². The Bertz CT molecular complexity index is 424. The summed E-state index contributed by atoms with van der Waals surface area (Å²) in [5.74, 6) is 1.09. The second-order valence-corrected chi connectivity index (χ2v) is 5.02. The van der Waals surface area contributed by atoms with Crippen LogP contribution in [0.4, 0.5) is 4.39 Å². The lowest BCUT2D eigenvalue weighted by atomic mass is 9.76. The fraction of sp³-hybridized carbons (Fsp3) is 0.500. The van der Waals surface area contributed by atoms with Crippen LogP contribution in [-0.2, 0) is 0 Å². The number of rotatable bonds is 1. The van der Waals surface area contributed by atoms with E-state index in [4.69, 9.17) is 0 Å². The van der Waals surface area contributed by atoms with Crippen molar-refractivity contribution < 1.29 is 4.39 Å². The molecule has 0 amide bonds. The van der Waals surface area contributed by atoms with E-state index >= 15 is 0 Å². The van der Waals surface area contributed by atoms with Gasteiger partial charge in [-0.15, -0.1) is 0 Å². The van der Waals surface area contributed by atoms with Crippen molar-refractivity contribution in [3.63, 3.8) is 0 Å².